The summed E-state index contributed by atoms with van der Waals surface area (Å²) in [5.41, 5.74) is -0.539. The molecule has 2 aliphatic rings. The van der Waals surface area contributed by atoms with Crippen LogP contribution in [0.15, 0.2) is 0 Å². The van der Waals surface area contributed by atoms with Crippen molar-refractivity contribution < 1.29 is 15.0 Å². The van der Waals surface area contributed by atoms with Gasteiger partial charge in [0.05, 0.1) is 11.5 Å². The molecule has 92 valence electrons. The molecule has 2 aliphatic carbocycles. The highest BCUT2D eigenvalue weighted by molar-refractivity contribution is 5.75. The zero-order valence-corrected chi connectivity index (χ0v) is 10.1. The molecule has 2 rings (SSSR count). The van der Waals surface area contributed by atoms with Crippen LogP contribution in [0.3, 0.4) is 0 Å². The van der Waals surface area contributed by atoms with Gasteiger partial charge < -0.3 is 10.2 Å². The van der Waals surface area contributed by atoms with E-state index in [1.165, 1.54) is 0 Å². The number of carboxylic acid groups (broad SMARTS) is 1. The fraction of sp³-hybridized carbons (Fsp3) is 0.923. The number of carbonyl (C=O) groups is 1. The molecule has 2 N–H and O–H groups in total. The number of fused-ring (bicyclic) bond motifs is 2. The van der Waals surface area contributed by atoms with Crippen molar-refractivity contribution in [2.45, 2.75) is 52.1 Å². The molecule has 5 unspecified atom stereocenters. The summed E-state index contributed by atoms with van der Waals surface area (Å²) < 4.78 is 0. The molecule has 16 heavy (non-hydrogen) atoms. The van der Waals surface area contributed by atoms with Crippen molar-refractivity contribution in [2.24, 2.45) is 23.2 Å². The van der Waals surface area contributed by atoms with Crippen molar-refractivity contribution in [3.05, 3.63) is 0 Å². The largest absolute Gasteiger partial charge is 0.481 e. The lowest BCUT2D eigenvalue weighted by Gasteiger charge is -2.48. The number of rotatable bonds is 2. The van der Waals surface area contributed by atoms with Gasteiger partial charge >= 0.3 is 5.97 Å². The fourth-order valence-corrected chi connectivity index (χ4v) is 4.03. The van der Waals surface area contributed by atoms with E-state index in [1.54, 1.807) is 6.92 Å². The van der Waals surface area contributed by atoms with Gasteiger partial charge in [0, 0.05) is 0 Å². The van der Waals surface area contributed by atoms with Gasteiger partial charge in [0.25, 0.3) is 0 Å². The Morgan fingerprint density at radius 1 is 1.31 bits per heavy atom. The first-order valence-corrected chi connectivity index (χ1v) is 6.34. The van der Waals surface area contributed by atoms with Crippen molar-refractivity contribution in [3.63, 3.8) is 0 Å². The van der Waals surface area contributed by atoms with Crippen LogP contribution in [0.25, 0.3) is 0 Å². The molecule has 2 saturated carbocycles. The maximum Gasteiger partial charge on any atom is 0.309 e. The van der Waals surface area contributed by atoms with E-state index >= 15 is 0 Å². The predicted octanol–water partition coefficient (Wildman–Crippen LogP) is 2.28. The van der Waals surface area contributed by atoms with Gasteiger partial charge in [0.15, 0.2) is 0 Å². The van der Waals surface area contributed by atoms with Gasteiger partial charge in [-0.15, -0.1) is 0 Å². The molecule has 0 saturated heterocycles. The summed E-state index contributed by atoms with van der Waals surface area (Å²) in [5, 5.41) is 19.2. The highest BCUT2D eigenvalue weighted by Crippen LogP contribution is 2.53. The minimum atomic E-state index is -0.644. The summed E-state index contributed by atoms with van der Waals surface area (Å²) in [6, 6.07) is 0. The van der Waals surface area contributed by atoms with E-state index in [1.807, 2.05) is 0 Å². The third kappa shape index (κ3) is 1.97. The highest BCUT2D eigenvalue weighted by Gasteiger charge is 2.50. The third-order valence-electron chi connectivity index (χ3n) is 4.58. The van der Waals surface area contributed by atoms with Crippen LogP contribution in [0.4, 0.5) is 0 Å². The molecule has 0 aromatic carbocycles. The predicted molar refractivity (Wildman–Crippen MR) is 61.0 cm³/mol. The number of aliphatic hydroxyl groups is 1. The Hall–Kier alpha value is -0.570. The topological polar surface area (TPSA) is 57.5 Å². The van der Waals surface area contributed by atoms with Gasteiger partial charge in [0.1, 0.15) is 0 Å². The molecular weight excluding hydrogens is 204 g/mol. The van der Waals surface area contributed by atoms with Gasteiger partial charge in [0.2, 0.25) is 0 Å². The summed E-state index contributed by atoms with van der Waals surface area (Å²) in [4.78, 5) is 11.5. The lowest BCUT2D eigenvalue weighted by Crippen LogP contribution is -2.46. The second-order valence-electron chi connectivity index (χ2n) is 6.14. The average molecular weight is 226 g/mol. The molecule has 0 heterocycles. The molecular formula is C13H22O3. The smallest absolute Gasteiger partial charge is 0.309 e. The molecule has 0 aliphatic heterocycles. The lowest BCUT2D eigenvalue weighted by molar-refractivity contribution is -0.160. The van der Waals surface area contributed by atoms with Gasteiger partial charge in [-0.05, 0) is 56.8 Å². The van der Waals surface area contributed by atoms with E-state index in [-0.39, 0.29) is 12.0 Å². The minimum Gasteiger partial charge on any atom is -0.481 e. The molecule has 5 atom stereocenters. The lowest BCUT2D eigenvalue weighted by atomic mass is 9.56. The van der Waals surface area contributed by atoms with Gasteiger partial charge in [-0.3, -0.25) is 4.79 Å². The van der Waals surface area contributed by atoms with Crippen LogP contribution in [0, 0.1) is 23.2 Å². The number of hydrogen-bond donors (Lipinski definition) is 2. The monoisotopic (exact) mass is 226 g/mol. The Kier molecular flexibility index (Phi) is 2.99. The normalized spacial score (nSPS) is 45.1. The van der Waals surface area contributed by atoms with E-state index in [0.29, 0.717) is 18.3 Å². The summed E-state index contributed by atoms with van der Waals surface area (Å²) in [7, 11) is 0. The van der Waals surface area contributed by atoms with Crippen LogP contribution in [-0.2, 0) is 4.79 Å². The maximum atomic E-state index is 11.5. The molecule has 3 heteroatoms. The fourth-order valence-electron chi connectivity index (χ4n) is 4.03. The van der Waals surface area contributed by atoms with Crippen LogP contribution >= 0.6 is 0 Å². The summed E-state index contributed by atoms with van der Waals surface area (Å²) in [6.45, 7) is 3.96. The first kappa shape index (κ1) is 11.9. The van der Waals surface area contributed by atoms with Crippen molar-refractivity contribution >= 4 is 5.97 Å². The highest BCUT2D eigenvalue weighted by atomic mass is 16.4. The standard InChI is InChI=1S/C13H22O3/c1-8-3-10-4-11(9(2)14)7-13(5-8,6-10)12(15)16/h8-11,14H,3-7H2,1-2H3,(H,15,16). The van der Waals surface area contributed by atoms with E-state index in [4.69, 9.17) is 0 Å². The van der Waals surface area contributed by atoms with Crippen LogP contribution in [-0.4, -0.2) is 22.3 Å². The Balaban J connectivity index is 2.22. The molecule has 3 nitrogen and oxygen atoms in total. The van der Waals surface area contributed by atoms with E-state index in [9.17, 15) is 15.0 Å². The van der Waals surface area contributed by atoms with Gasteiger partial charge in [-0.2, -0.15) is 0 Å². The maximum absolute atomic E-state index is 11.5. The first-order chi connectivity index (χ1) is 7.43. The number of aliphatic carboxylic acids is 1. The van der Waals surface area contributed by atoms with E-state index < -0.39 is 11.4 Å². The SMILES string of the molecule is CC1CC2CC(C(C)O)CC(C(=O)O)(C1)C2. The van der Waals surface area contributed by atoms with Gasteiger partial charge in [-0.1, -0.05) is 6.92 Å². The van der Waals surface area contributed by atoms with Crippen LogP contribution in [0.2, 0.25) is 0 Å². The van der Waals surface area contributed by atoms with Crippen molar-refractivity contribution in [3.8, 4) is 0 Å². The zero-order chi connectivity index (χ0) is 11.9. The van der Waals surface area contributed by atoms with Crippen LogP contribution < -0.4 is 0 Å². The summed E-state index contributed by atoms with van der Waals surface area (Å²) in [5.74, 6) is 0.565. The van der Waals surface area contributed by atoms with Crippen LogP contribution in [0.5, 0.6) is 0 Å². The first-order valence-electron chi connectivity index (χ1n) is 6.34. The van der Waals surface area contributed by atoms with E-state index in [0.717, 1.165) is 25.7 Å². The molecule has 0 aromatic rings. The number of carboxylic acids is 1. The summed E-state index contributed by atoms with van der Waals surface area (Å²) in [6.07, 6.45) is 4.07. The second kappa shape index (κ2) is 4.02. The van der Waals surface area contributed by atoms with Crippen molar-refractivity contribution in [1.29, 1.82) is 0 Å². The molecule has 2 bridgehead atoms. The number of aliphatic hydroxyl groups excluding tert-OH is 1. The van der Waals surface area contributed by atoms with Crippen LogP contribution in [0.1, 0.15) is 46.0 Å². The molecule has 2 fully saturated rings. The zero-order valence-electron chi connectivity index (χ0n) is 10.1. The van der Waals surface area contributed by atoms with Crippen molar-refractivity contribution in [1.82, 2.24) is 0 Å². The van der Waals surface area contributed by atoms with Gasteiger partial charge in [-0.25, -0.2) is 0 Å². The Morgan fingerprint density at radius 3 is 2.56 bits per heavy atom. The van der Waals surface area contributed by atoms with Crippen molar-refractivity contribution in [2.75, 3.05) is 0 Å². The molecule has 0 aromatic heterocycles. The van der Waals surface area contributed by atoms with E-state index in [2.05, 4.69) is 6.92 Å². The Morgan fingerprint density at radius 2 is 2.00 bits per heavy atom. The number of hydrogen-bond acceptors (Lipinski definition) is 2. The Bertz CT molecular complexity index is 283. The Labute approximate surface area is 96.9 Å². The summed E-state index contributed by atoms with van der Waals surface area (Å²) >= 11 is 0. The second-order valence-corrected chi connectivity index (χ2v) is 6.14. The molecule has 0 radical (unpaired) electrons. The average Bonchev–Trinajstić information content (AvgIpc) is 2.15. The quantitative estimate of drug-likeness (QED) is 0.759. The molecule has 0 spiro atoms. The minimum absolute atomic E-state index is 0.183. The third-order valence-corrected chi connectivity index (χ3v) is 4.58. The molecule has 0 amide bonds.